The first kappa shape index (κ1) is 20.6. The van der Waals surface area contributed by atoms with Crippen molar-refractivity contribution in [2.45, 2.75) is 27.3 Å². The molecule has 0 saturated carbocycles. The molecule has 0 aliphatic rings. The molecule has 10 nitrogen and oxygen atoms in total. The monoisotopic (exact) mass is 409 g/mol. The Morgan fingerprint density at radius 3 is 2.27 bits per heavy atom. The van der Waals surface area contributed by atoms with Gasteiger partial charge in [-0.15, -0.1) is 0 Å². The minimum absolute atomic E-state index is 0.00155. The maximum absolute atomic E-state index is 12.5. The van der Waals surface area contributed by atoms with Crippen LogP contribution in [0.25, 0.3) is 0 Å². The smallest absolute Gasteiger partial charge is 0.312 e. The number of nitrogens with zero attached hydrogens (tertiary/aromatic N) is 4. The summed E-state index contributed by atoms with van der Waals surface area (Å²) in [6.07, 6.45) is 0. The molecule has 154 valence electrons. The summed E-state index contributed by atoms with van der Waals surface area (Å²) in [5.74, 6) is -0.396. The van der Waals surface area contributed by atoms with Gasteiger partial charge >= 0.3 is 5.69 Å². The molecule has 2 aromatic carbocycles. The summed E-state index contributed by atoms with van der Waals surface area (Å²) in [5, 5.41) is 29.1. The SMILES string of the molecule is Cc1nn(Cc2ccc(C(=O)Nc3cccc([N+](=O)[O-])c3C)cc2)c(C)c1[N+](=O)[O-]. The van der Waals surface area contributed by atoms with E-state index in [0.717, 1.165) is 5.56 Å². The zero-order chi connectivity index (χ0) is 22.0. The molecule has 1 amide bonds. The van der Waals surface area contributed by atoms with E-state index in [1.165, 1.54) is 12.1 Å². The van der Waals surface area contributed by atoms with Crippen molar-refractivity contribution in [1.29, 1.82) is 0 Å². The van der Waals surface area contributed by atoms with Crippen LogP contribution in [-0.4, -0.2) is 25.5 Å². The van der Waals surface area contributed by atoms with Crippen LogP contribution in [0.4, 0.5) is 17.1 Å². The Labute approximate surface area is 171 Å². The molecule has 0 fully saturated rings. The van der Waals surface area contributed by atoms with Crippen LogP contribution in [0.2, 0.25) is 0 Å². The second-order valence-corrected chi connectivity index (χ2v) is 6.79. The van der Waals surface area contributed by atoms with E-state index in [1.807, 2.05) is 0 Å². The number of aryl methyl sites for hydroxylation is 1. The molecule has 3 aromatic rings. The van der Waals surface area contributed by atoms with Crippen LogP contribution in [0.1, 0.15) is 32.9 Å². The maximum Gasteiger partial charge on any atom is 0.312 e. The van der Waals surface area contributed by atoms with Crippen molar-refractivity contribution in [3.05, 3.63) is 90.8 Å². The zero-order valence-electron chi connectivity index (χ0n) is 16.6. The van der Waals surface area contributed by atoms with Crippen molar-refractivity contribution in [3.8, 4) is 0 Å². The van der Waals surface area contributed by atoms with Crippen LogP contribution in [-0.2, 0) is 6.54 Å². The largest absolute Gasteiger partial charge is 0.321 e. The van der Waals surface area contributed by atoms with Gasteiger partial charge in [-0.3, -0.25) is 29.7 Å². The Morgan fingerprint density at radius 1 is 1.03 bits per heavy atom. The topological polar surface area (TPSA) is 133 Å². The molecule has 0 unspecified atom stereocenters. The highest BCUT2D eigenvalue weighted by Crippen LogP contribution is 2.26. The minimum atomic E-state index is -0.497. The molecule has 0 radical (unpaired) electrons. The summed E-state index contributed by atoms with van der Waals surface area (Å²) in [7, 11) is 0. The number of carbonyl (C=O) groups excluding carboxylic acids is 1. The summed E-state index contributed by atoms with van der Waals surface area (Å²) in [6, 6.07) is 11.2. The standard InChI is InChI=1S/C20H19N5O5/c1-12-17(5-4-6-18(12)24(27)28)21-20(26)16-9-7-15(8-10-16)11-23-14(3)19(25(29)30)13(2)22-23/h4-10H,11H2,1-3H3,(H,21,26). The van der Waals surface area contributed by atoms with Crippen molar-refractivity contribution in [2.75, 3.05) is 5.32 Å². The molecule has 0 aliphatic heterocycles. The second-order valence-electron chi connectivity index (χ2n) is 6.79. The van der Waals surface area contributed by atoms with E-state index in [0.29, 0.717) is 34.7 Å². The average molecular weight is 409 g/mol. The second kappa shape index (κ2) is 8.11. The van der Waals surface area contributed by atoms with Gasteiger partial charge in [-0.05, 0) is 44.5 Å². The fourth-order valence-electron chi connectivity index (χ4n) is 3.19. The number of carbonyl (C=O) groups is 1. The first-order valence-corrected chi connectivity index (χ1v) is 9.01. The van der Waals surface area contributed by atoms with Gasteiger partial charge in [0.2, 0.25) is 0 Å². The van der Waals surface area contributed by atoms with Crippen molar-refractivity contribution >= 4 is 23.0 Å². The van der Waals surface area contributed by atoms with Crippen LogP contribution in [0.15, 0.2) is 42.5 Å². The van der Waals surface area contributed by atoms with Gasteiger partial charge in [0, 0.05) is 11.6 Å². The van der Waals surface area contributed by atoms with Gasteiger partial charge < -0.3 is 5.32 Å². The molecule has 30 heavy (non-hydrogen) atoms. The van der Waals surface area contributed by atoms with Gasteiger partial charge in [0.25, 0.3) is 11.6 Å². The van der Waals surface area contributed by atoms with Crippen LogP contribution in [0.5, 0.6) is 0 Å². The van der Waals surface area contributed by atoms with Crippen molar-refractivity contribution < 1.29 is 14.6 Å². The molecule has 0 saturated heterocycles. The van der Waals surface area contributed by atoms with Crippen molar-refractivity contribution in [2.24, 2.45) is 0 Å². The number of amides is 1. The first-order valence-electron chi connectivity index (χ1n) is 9.01. The third-order valence-corrected chi connectivity index (χ3v) is 4.82. The number of hydrogen-bond acceptors (Lipinski definition) is 6. The summed E-state index contributed by atoms with van der Waals surface area (Å²) in [4.78, 5) is 33.8. The number of nitro benzene ring substituents is 1. The van der Waals surface area contributed by atoms with Gasteiger partial charge in [-0.25, -0.2) is 0 Å². The van der Waals surface area contributed by atoms with Gasteiger partial charge in [0.15, 0.2) is 0 Å². The lowest BCUT2D eigenvalue weighted by Gasteiger charge is -2.09. The molecular formula is C20H19N5O5. The van der Waals surface area contributed by atoms with Crippen LogP contribution in [0, 0.1) is 41.0 Å². The van der Waals surface area contributed by atoms with Gasteiger partial charge in [-0.1, -0.05) is 18.2 Å². The van der Waals surface area contributed by atoms with E-state index >= 15 is 0 Å². The first-order chi connectivity index (χ1) is 14.2. The number of hydrogen-bond donors (Lipinski definition) is 1. The van der Waals surface area contributed by atoms with Crippen LogP contribution >= 0.6 is 0 Å². The highest BCUT2D eigenvalue weighted by Gasteiger charge is 2.21. The molecule has 0 spiro atoms. The van der Waals surface area contributed by atoms with E-state index < -0.39 is 15.8 Å². The van der Waals surface area contributed by atoms with E-state index in [4.69, 9.17) is 0 Å². The number of aromatic nitrogens is 2. The Kier molecular flexibility index (Phi) is 5.58. The zero-order valence-corrected chi connectivity index (χ0v) is 16.6. The molecule has 3 rings (SSSR count). The number of nitrogens with one attached hydrogen (secondary N) is 1. The molecule has 10 heteroatoms. The number of rotatable bonds is 6. The number of anilines is 1. The predicted octanol–water partition coefficient (Wildman–Crippen LogP) is 3.93. The van der Waals surface area contributed by atoms with Crippen molar-refractivity contribution in [3.63, 3.8) is 0 Å². The van der Waals surface area contributed by atoms with Crippen molar-refractivity contribution in [1.82, 2.24) is 9.78 Å². The minimum Gasteiger partial charge on any atom is -0.321 e. The van der Waals surface area contributed by atoms with Gasteiger partial charge in [0.05, 0.1) is 27.6 Å². The average Bonchev–Trinajstić information content (AvgIpc) is 2.97. The van der Waals surface area contributed by atoms with E-state index in [2.05, 4.69) is 10.4 Å². The van der Waals surface area contributed by atoms with Crippen LogP contribution < -0.4 is 5.32 Å². The van der Waals surface area contributed by atoms with E-state index in [-0.39, 0.29) is 11.4 Å². The fourth-order valence-corrected chi connectivity index (χ4v) is 3.19. The van der Waals surface area contributed by atoms with Gasteiger partial charge in [0.1, 0.15) is 11.4 Å². The van der Waals surface area contributed by atoms with Crippen LogP contribution in [0.3, 0.4) is 0 Å². The lowest BCUT2D eigenvalue weighted by Crippen LogP contribution is -2.13. The summed E-state index contributed by atoms with van der Waals surface area (Å²) < 4.78 is 1.55. The molecule has 0 bridgehead atoms. The molecule has 0 atom stereocenters. The third-order valence-electron chi connectivity index (χ3n) is 4.82. The number of benzene rings is 2. The maximum atomic E-state index is 12.5. The molecule has 0 aliphatic carbocycles. The number of nitro groups is 2. The lowest BCUT2D eigenvalue weighted by molar-refractivity contribution is -0.386. The Bertz CT molecular complexity index is 1150. The molecule has 1 heterocycles. The summed E-state index contributed by atoms with van der Waals surface area (Å²) in [6.45, 7) is 5.13. The summed E-state index contributed by atoms with van der Waals surface area (Å²) >= 11 is 0. The lowest BCUT2D eigenvalue weighted by atomic mass is 10.1. The predicted molar refractivity (Wildman–Crippen MR) is 110 cm³/mol. The fraction of sp³-hybridized carbons (Fsp3) is 0.200. The molecule has 1 N–H and O–H groups in total. The highest BCUT2D eigenvalue weighted by atomic mass is 16.6. The Morgan fingerprint density at radius 2 is 1.70 bits per heavy atom. The molecule has 1 aromatic heterocycles. The van der Waals surface area contributed by atoms with Gasteiger partial charge in [-0.2, -0.15) is 5.10 Å². The Balaban J connectivity index is 1.76. The highest BCUT2D eigenvalue weighted by molar-refractivity contribution is 6.04. The Hall–Kier alpha value is -4.08. The summed E-state index contributed by atoms with van der Waals surface area (Å²) in [5.41, 5.74) is 2.68. The normalized spacial score (nSPS) is 10.6. The quantitative estimate of drug-likeness (QED) is 0.484. The third kappa shape index (κ3) is 4.02. The van der Waals surface area contributed by atoms with E-state index in [9.17, 15) is 25.0 Å². The van der Waals surface area contributed by atoms with E-state index in [1.54, 1.807) is 55.8 Å². The molecular weight excluding hydrogens is 390 g/mol.